The largest absolute Gasteiger partial charge is 0.392 e. The minimum Gasteiger partial charge on any atom is -0.392 e. The van der Waals surface area contributed by atoms with Crippen LogP contribution in [0.2, 0.25) is 0 Å². The average Bonchev–Trinajstić information content (AvgIpc) is 2.05. The second-order valence-electron chi connectivity index (χ2n) is 2.95. The van der Waals surface area contributed by atoms with Crippen molar-refractivity contribution in [3.63, 3.8) is 0 Å². The van der Waals surface area contributed by atoms with Gasteiger partial charge in [-0.15, -0.1) is 23.9 Å². The van der Waals surface area contributed by atoms with E-state index in [-0.39, 0.29) is 6.10 Å². The fraction of sp³-hybridized carbons (Fsp3) is 0.800. The second-order valence-corrected chi connectivity index (χ2v) is 3.33. The molecular weight excluding hydrogens is 172 g/mol. The Balaban J connectivity index is 3.04. The van der Waals surface area contributed by atoms with Gasteiger partial charge in [-0.25, -0.2) is 0 Å². The van der Waals surface area contributed by atoms with Crippen molar-refractivity contribution in [2.45, 2.75) is 44.6 Å². The standard InChI is InChI=1S/C10H17ClO/c1-2-7-10(12)8-5-3-4-6-9-11/h1,10,12H,3-9H2. The minimum atomic E-state index is -0.300. The fourth-order valence-corrected chi connectivity index (χ4v) is 1.26. The number of hydrogen-bond acceptors (Lipinski definition) is 1. The normalized spacial score (nSPS) is 12.4. The smallest absolute Gasteiger partial charge is 0.0649 e. The van der Waals surface area contributed by atoms with Crippen LogP contribution < -0.4 is 0 Å². The lowest BCUT2D eigenvalue weighted by atomic mass is 10.1. The van der Waals surface area contributed by atoms with Crippen LogP contribution in [0, 0.1) is 12.3 Å². The maximum atomic E-state index is 9.24. The van der Waals surface area contributed by atoms with E-state index in [2.05, 4.69) is 5.92 Å². The van der Waals surface area contributed by atoms with Crippen LogP contribution in [0.15, 0.2) is 0 Å². The Morgan fingerprint density at radius 3 is 2.50 bits per heavy atom. The highest BCUT2D eigenvalue weighted by Crippen LogP contribution is 2.07. The quantitative estimate of drug-likeness (QED) is 0.370. The molecule has 0 heterocycles. The number of terminal acetylenes is 1. The van der Waals surface area contributed by atoms with Gasteiger partial charge in [-0.05, 0) is 12.8 Å². The number of hydrogen-bond donors (Lipinski definition) is 1. The van der Waals surface area contributed by atoms with Crippen molar-refractivity contribution in [1.29, 1.82) is 0 Å². The Bertz CT molecular complexity index is 128. The van der Waals surface area contributed by atoms with E-state index in [4.69, 9.17) is 18.0 Å². The predicted molar refractivity (Wildman–Crippen MR) is 53.3 cm³/mol. The van der Waals surface area contributed by atoms with Crippen LogP contribution in [0.1, 0.15) is 38.5 Å². The molecular formula is C10H17ClO. The molecule has 0 aromatic carbocycles. The van der Waals surface area contributed by atoms with E-state index in [1.54, 1.807) is 0 Å². The molecule has 0 saturated carbocycles. The molecule has 1 atom stereocenters. The summed E-state index contributed by atoms with van der Waals surface area (Å²) in [6.07, 6.45) is 10.5. The molecule has 1 N–H and O–H groups in total. The third-order valence-electron chi connectivity index (χ3n) is 1.77. The topological polar surface area (TPSA) is 20.2 Å². The van der Waals surface area contributed by atoms with Crippen LogP contribution in [0.4, 0.5) is 0 Å². The first-order valence-corrected chi connectivity index (χ1v) is 5.02. The molecule has 70 valence electrons. The van der Waals surface area contributed by atoms with Crippen molar-refractivity contribution in [3.8, 4) is 12.3 Å². The van der Waals surface area contributed by atoms with E-state index >= 15 is 0 Å². The summed E-state index contributed by atoms with van der Waals surface area (Å²) >= 11 is 5.52. The molecule has 0 fully saturated rings. The minimum absolute atomic E-state index is 0.300. The number of unbranched alkanes of at least 4 members (excludes halogenated alkanes) is 3. The molecule has 1 nitrogen and oxygen atoms in total. The Hall–Kier alpha value is -0.190. The lowest BCUT2D eigenvalue weighted by Crippen LogP contribution is -2.04. The third kappa shape index (κ3) is 7.91. The molecule has 12 heavy (non-hydrogen) atoms. The van der Waals surface area contributed by atoms with Gasteiger partial charge in [0.05, 0.1) is 6.10 Å². The molecule has 0 aliphatic rings. The zero-order valence-electron chi connectivity index (χ0n) is 7.43. The number of rotatable bonds is 7. The van der Waals surface area contributed by atoms with Gasteiger partial charge in [0.25, 0.3) is 0 Å². The fourth-order valence-electron chi connectivity index (χ4n) is 1.07. The van der Waals surface area contributed by atoms with E-state index in [0.29, 0.717) is 6.42 Å². The van der Waals surface area contributed by atoms with Crippen molar-refractivity contribution in [1.82, 2.24) is 0 Å². The maximum Gasteiger partial charge on any atom is 0.0649 e. The first kappa shape index (κ1) is 11.8. The zero-order chi connectivity index (χ0) is 9.23. The van der Waals surface area contributed by atoms with Crippen molar-refractivity contribution >= 4 is 11.6 Å². The van der Waals surface area contributed by atoms with Crippen LogP contribution in [-0.2, 0) is 0 Å². The summed E-state index contributed by atoms with van der Waals surface area (Å²) in [6, 6.07) is 0. The van der Waals surface area contributed by atoms with Gasteiger partial charge in [0.2, 0.25) is 0 Å². The van der Waals surface area contributed by atoms with Gasteiger partial charge in [-0.2, -0.15) is 0 Å². The van der Waals surface area contributed by atoms with Gasteiger partial charge in [-0.1, -0.05) is 19.3 Å². The molecule has 0 amide bonds. The van der Waals surface area contributed by atoms with Gasteiger partial charge < -0.3 is 5.11 Å². The highest BCUT2D eigenvalue weighted by molar-refractivity contribution is 6.17. The summed E-state index contributed by atoms with van der Waals surface area (Å²) < 4.78 is 0. The molecule has 2 heteroatoms. The van der Waals surface area contributed by atoms with Crippen LogP contribution in [-0.4, -0.2) is 17.1 Å². The van der Waals surface area contributed by atoms with E-state index in [1.807, 2.05) is 0 Å². The Morgan fingerprint density at radius 1 is 1.25 bits per heavy atom. The molecule has 0 rings (SSSR count). The summed E-state index contributed by atoms with van der Waals surface area (Å²) in [7, 11) is 0. The van der Waals surface area contributed by atoms with Gasteiger partial charge in [0.1, 0.15) is 0 Å². The maximum absolute atomic E-state index is 9.24. The molecule has 0 aliphatic heterocycles. The highest BCUT2D eigenvalue weighted by atomic mass is 35.5. The highest BCUT2D eigenvalue weighted by Gasteiger charge is 2.00. The van der Waals surface area contributed by atoms with E-state index < -0.39 is 0 Å². The molecule has 0 saturated heterocycles. The molecule has 1 unspecified atom stereocenters. The van der Waals surface area contributed by atoms with Crippen molar-refractivity contribution < 1.29 is 5.11 Å². The molecule has 0 aliphatic carbocycles. The number of aliphatic hydroxyl groups is 1. The van der Waals surface area contributed by atoms with Crippen molar-refractivity contribution in [2.24, 2.45) is 0 Å². The van der Waals surface area contributed by atoms with E-state index in [0.717, 1.165) is 38.0 Å². The Morgan fingerprint density at radius 2 is 1.92 bits per heavy atom. The summed E-state index contributed by atoms with van der Waals surface area (Å²) in [5.74, 6) is 3.19. The molecule has 0 bridgehead atoms. The summed E-state index contributed by atoms with van der Waals surface area (Å²) in [6.45, 7) is 0. The lowest BCUT2D eigenvalue weighted by Gasteiger charge is -2.05. The van der Waals surface area contributed by atoms with Crippen molar-refractivity contribution in [2.75, 3.05) is 5.88 Å². The Labute approximate surface area is 80.1 Å². The summed E-state index contributed by atoms with van der Waals surface area (Å²) in [5.41, 5.74) is 0. The third-order valence-corrected chi connectivity index (χ3v) is 2.04. The molecule has 0 spiro atoms. The van der Waals surface area contributed by atoms with E-state index in [9.17, 15) is 5.11 Å². The molecule has 0 aromatic rings. The van der Waals surface area contributed by atoms with Gasteiger partial charge in [0.15, 0.2) is 0 Å². The Kier molecular flexibility index (Phi) is 8.76. The van der Waals surface area contributed by atoms with E-state index in [1.165, 1.54) is 0 Å². The van der Waals surface area contributed by atoms with Crippen molar-refractivity contribution in [3.05, 3.63) is 0 Å². The second kappa shape index (κ2) is 8.90. The van der Waals surface area contributed by atoms with Crippen LogP contribution in [0.3, 0.4) is 0 Å². The van der Waals surface area contributed by atoms with Gasteiger partial charge >= 0.3 is 0 Å². The van der Waals surface area contributed by atoms with Crippen LogP contribution >= 0.6 is 11.6 Å². The molecule has 0 aromatic heterocycles. The number of aliphatic hydroxyl groups excluding tert-OH is 1. The monoisotopic (exact) mass is 188 g/mol. The first-order chi connectivity index (χ1) is 5.81. The zero-order valence-corrected chi connectivity index (χ0v) is 8.19. The van der Waals surface area contributed by atoms with Gasteiger partial charge in [-0.3, -0.25) is 0 Å². The SMILES string of the molecule is C#CCC(O)CCCCCCCl. The number of alkyl halides is 1. The predicted octanol–water partition coefficient (Wildman–Crippen LogP) is 2.56. The van der Waals surface area contributed by atoms with Crippen LogP contribution in [0.25, 0.3) is 0 Å². The summed E-state index contributed by atoms with van der Waals surface area (Å²) in [4.78, 5) is 0. The average molecular weight is 189 g/mol. The molecule has 0 radical (unpaired) electrons. The van der Waals surface area contributed by atoms with Crippen LogP contribution in [0.5, 0.6) is 0 Å². The number of halogens is 1. The first-order valence-electron chi connectivity index (χ1n) is 4.48. The lowest BCUT2D eigenvalue weighted by molar-refractivity contribution is 0.166. The van der Waals surface area contributed by atoms with Gasteiger partial charge in [0, 0.05) is 12.3 Å². The summed E-state index contributed by atoms with van der Waals surface area (Å²) in [5, 5.41) is 9.24.